The molecule has 0 atom stereocenters. The molecule has 0 aliphatic carbocycles. The van der Waals surface area contributed by atoms with E-state index in [0.717, 1.165) is 5.56 Å². The van der Waals surface area contributed by atoms with Crippen molar-refractivity contribution in [2.24, 2.45) is 0 Å². The lowest BCUT2D eigenvalue weighted by Crippen LogP contribution is -2.12. The number of fused-ring (bicyclic) bond motifs is 1. The Morgan fingerprint density at radius 2 is 1.77 bits per heavy atom. The van der Waals surface area contributed by atoms with E-state index in [1.165, 1.54) is 12.1 Å². The maximum atomic E-state index is 13.1. The molecule has 5 nitrogen and oxygen atoms in total. The second kappa shape index (κ2) is 6.40. The number of pyridine rings is 1. The average molecular weight is 346 g/mol. The third-order valence-corrected chi connectivity index (χ3v) is 4.06. The number of aromatic amines is 1. The van der Waals surface area contributed by atoms with E-state index in [-0.39, 0.29) is 11.7 Å². The summed E-state index contributed by atoms with van der Waals surface area (Å²) in [7, 11) is 0. The molecular weight excluding hydrogens is 331 g/mol. The number of aryl methyl sites for hydroxylation is 1. The highest BCUT2D eigenvalue weighted by Crippen LogP contribution is 2.22. The number of anilines is 1. The summed E-state index contributed by atoms with van der Waals surface area (Å²) >= 11 is 0. The topological polar surface area (TPSA) is 70.7 Å². The Morgan fingerprint density at radius 1 is 1.04 bits per heavy atom. The van der Waals surface area contributed by atoms with Crippen LogP contribution in [0.3, 0.4) is 0 Å². The van der Waals surface area contributed by atoms with E-state index in [1.54, 1.807) is 24.4 Å². The number of carbonyl (C=O) groups is 1. The molecule has 0 bridgehead atoms. The molecular formula is C20H15FN4O. The summed E-state index contributed by atoms with van der Waals surface area (Å²) in [6.45, 7) is 1.99. The Balaban J connectivity index is 1.70. The van der Waals surface area contributed by atoms with Crippen LogP contribution in [0.2, 0.25) is 0 Å². The zero-order chi connectivity index (χ0) is 18.1. The van der Waals surface area contributed by atoms with Crippen molar-refractivity contribution in [1.82, 2.24) is 15.0 Å². The molecule has 2 heterocycles. The van der Waals surface area contributed by atoms with Crippen molar-refractivity contribution in [2.75, 3.05) is 5.32 Å². The lowest BCUT2D eigenvalue weighted by atomic mass is 10.2. The number of nitrogens with zero attached hydrogens (tertiary/aromatic N) is 2. The fourth-order valence-corrected chi connectivity index (χ4v) is 2.68. The summed E-state index contributed by atoms with van der Waals surface area (Å²) in [5, 5.41) is 2.87. The first-order valence-corrected chi connectivity index (χ1v) is 8.09. The highest BCUT2D eigenvalue weighted by Gasteiger charge is 2.15. The molecule has 0 aliphatic rings. The standard InChI is InChI=1S/C20H15FN4O/c1-12-2-8-15(9-3-12)23-20(26)16-10-11-22-19-17(16)24-18(25-19)13-4-6-14(21)7-5-13/h2-11H,1H3,(H,23,26)(H,22,24,25). The number of carbonyl (C=O) groups excluding carboxylic acids is 1. The number of hydrogen-bond donors (Lipinski definition) is 2. The number of aromatic nitrogens is 3. The molecule has 0 saturated heterocycles. The first kappa shape index (κ1) is 16.0. The Morgan fingerprint density at radius 3 is 2.50 bits per heavy atom. The van der Waals surface area contributed by atoms with Gasteiger partial charge in [0.1, 0.15) is 11.6 Å². The molecule has 128 valence electrons. The van der Waals surface area contributed by atoms with Crippen molar-refractivity contribution in [2.45, 2.75) is 6.92 Å². The van der Waals surface area contributed by atoms with Gasteiger partial charge in [-0.3, -0.25) is 4.79 Å². The van der Waals surface area contributed by atoms with Gasteiger partial charge in [0.25, 0.3) is 5.91 Å². The van der Waals surface area contributed by atoms with Crippen LogP contribution in [0.4, 0.5) is 10.1 Å². The third-order valence-electron chi connectivity index (χ3n) is 4.06. The van der Waals surface area contributed by atoms with Gasteiger partial charge in [0.05, 0.1) is 11.1 Å². The SMILES string of the molecule is Cc1ccc(NC(=O)c2ccnc3nc(-c4ccc(F)cc4)[nH]c23)cc1. The van der Waals surface area contributed by atoms with Gasteiger partial charge in [-0.05, 0) is 49.4 Å². The molecule has 2 aromatic heterocycles. The van der Waals surface area contributed by atoms with E-state index >= 15 is 0 Å². The minimum atomic E-state index is -0.318. The van der Waals surface area contributed by atoms with Gasteiger partial charge in [-0.2, -0.15) is 0 Å². The summed E-state index contributed by atoms with van der Waals surface area (Å²) in [5.74, 6) is -0.0419. The first-order chi connectivity index (χ1) is 12.6. The molecule has 2 aromatic carbocycles. The quantitative estimate of drug-likeness (QED) is 0.580. The van der Waals surface area contributed by atoms with Crippen LogP contribution in [0.1, 0.15) is 15.9 Å². The third kappa shape index (κ3) is 3.04. The van der Waals surface area contributed by atoms with Crippen LogP contribution in [0.15, 0.2) is 60.8 Å². The number of amides is 1. The van der Waals surface area contributed by atoms with E-state index in [2.05, 4.69) is 20.3 Å². The van der Waals surface area contributed by atoms with Crippen LogP contribution in [-0.4, -0.2) is 20.9 Å². The normalized spacial score (nSPS) is 10.8. The van der Waals surface area contributed by atoms with Gasteiger partial charge in [0.2, 0.25) is 0 Å². The van der Waals surface area contributed by atoms with Crippen molar-refractivity contribution in [3.63, 3.8) is 0 Å². The fraction of sp³-hybridized carbons (Fsp3) is 0.0500. The highest BCUT2D eigenvalue weighted by atomic mass is 19.1. The predicted molar refractivity (Wildman–Crippen MR) is 98.4 cm³/mol. The van der Waals surface area contributed by atoms with Crippen LogP contribution in [0.25, 0.3) is 22.6 Å². The van der Waals surface area contributed by atoms with Gasteiger partial charge in [0.15, 0.2) is 5.65 Å². The van der Waals surface area contributed by atoms with Crippen LogP contribution in [-0.2, 0) is 0 Å². The number of hydrogen-bond acceptors (Lipinski definition) is 3. The summed E-state index contributed by atoms with van der Waals surface area (Å²) < 4.78 is 13.1. The van der Waals surface area contributed by atoms with Gasteiger partial charge in [-0.25, -0.2) is 14.4 Å². The zero-order valence-electron chi connectivity index (χ0n) is 14.0. The maximum absolute atomic E-state index is 13.1. The molecule has 0 fully saturated rings. The lowest BCUT2D eigenvalue weighted by molar-refractivity contribution is 0.102. The van der Waals surface area contributed by atoms with Crippen molar-refractivity contribution >= 4 is 22.8 Å². The molecule has 0 unspecified atom stereocenters. The molecule has 0 radical (unpaired) electrons. The van der Waals surface area contributed by atoms with Gasteiger partial charge in [0, 0.05) is 17.4 Å². The van der Waals surface area contributed by atoms with Gasteiger partial charge >= 0.3 is 0 Å². The van der Waals surface area contributed by atoms with Crippen molar-refractivity contribution in [3.05, 3.63) is 77.7 Å². The van der Waals surface area contributed by atoms with E-state index < -0.39 is 0 Å². The average Bonchev–Trinajstić information content (AvgIpc) is 3.08. The minimum absolute atomic E-state index is 0.254. The number of rotatable bonds is 3. The van der Waals surface area contributed by atoms with Gasteiger partial charge < -0.3 is 10.3 Å². The molecule has 0 aliphatic heterocycles. The number of halogens is 1. The zero-order valence-corrected chi connectivity index (χ0v) is 14.0. The van der Waals surface area contributed by atoms with Crippen molar-refractivity contribution in [3.8, 4) is 11.4 Å². The molecule has 0 saturated carbocycles. The van der Waals surface area contributed by atoms with E-state index in [9.17, 15) is 9.18 Å². The number of benzene rings is 2. The molecule has 6 heteroatoms. The monoisotopic (exact) mass is 346 g/mol. The second-order valence-electron chi connectivity index (χ2n) is 5.97. The lowest BCUT2D eigenvalue weighted by Gasteiger charge is -2.06. The van der Waals surface area contributed by atoms with E-state index in [1.807, 2.05) is 31.2 Å². The van der Waals surface area contributed by atoms with Crippen LogP contribution >= 0.6 is 0 Å². The smallest absolute Gasteiger partial charge is 0.257 e. The number of imidazole rings is 1. The van der Waals surface area contributed by atoms with Crippen molar-refractivity contribution < 1.29 is 9.18 Å². The summed E-state index contributed by atoms with van der Waals surface area (Å²) in [4.78, 5) is 24.4. The summed E-state index contributed by atoms with van der Waals surface area (Å²) in [6.07, 6.45) is 1.54. The van der Waals surface area contributed by atoms with Gasteiger partial charge in [-0.15, -0.1) is 0 Å². The Bertz CT molecular complexity index is 1090. The Kier molecular flexibility index (Phi) is 3.93. The molecule has 26 heavy (non-hydrogen) atoms. The summed E-state index contributed by atoms with van der Waals surface area (Å²) in [5.41, 5.74) is 3.96. The highest BCUT2D eigenvalue weighted by molar-refractivity contribution is 6.11. The number of nitrogens with one attached hydrogen (secondary N) is 2. The van der Waals surface area contributed by atoms with Gasteiger partial charge in [-0.1, -0.05) is 17.7 Å². The molecule has 1 amide bonds. The van der Waals surface area contributed by atoms with Crippen LogP contribution in [0, 0.1) is 12.7 Å². The second-order valence-corrected chi connectivity index (χ2v) is 5.97. The minimum Gasteiger partial charge on any atom is -0.336 e. The maximum Gasteiger partial charge on any atom is 0.257 e. The Labute approximate surface area is 148 Å². The molecule has 4 aromatic rings. The fourth-order valence-electron chi connectivity index (χ4n) is 2.68. The van der Waals surface area contributed by atoms with Crippen LogP contribution in [0.5, 0.6) is 0 Å². The van der Waals surface area contributed by atoms with Crippen LogP contribution < -0.4 is 5.32 Å². The molecule has 4 rings (SSSR count). The largest absolute Gasteiger partial charge is 0.336 e. The predicted octanol–water partition coefficient (Wildman–Crippen LogP) is 4.32. The molecule has 0 spiro atoms. The van der Waals surface area contributed by atoms with E-state index in [4.69, 9.17) is 0 Å². The number of H-pyrrole nitrogens is 1. The van der Waals surface area contributed by atoms with Crippen molar-refractivity contribution in [1.29, 1.82) is 0 Å². The van der Waals surface area contributed by atoms with E-state index in [0.29, 0.717) is 33.8 Å². The Hall–Kier alpha value is -3.54. The summed E-state index contributed by atoms with van der Waals surface area (Å²) in [6, 6.07) is 15.2. The first-order valence-electron chi connectivity index (χ1n) is 8.09. The molecule has 2 N–H and O–H groups in total.